The Balaban J connectivity index is 1.89. The first-order valence-corrected chi connectivity index (χ1v) is 9.91. The fourth-order valence-electron chi connectivity index (χ4n) is 3.11. The van der Waals surface area contributed by atoms with Crippen LogP contribution in [0.1, 0.15) is 23.0 Å². The second-order valence-corrected chi connectivity index (χ2v) is 7.22. The molecule has 1 amide bonds. The number of nitrogens with zero attached hydrogens (tertiary/aromatic N) is 6. The lowest BCUT2D eigenvalue weighted by Gasteiger charge is -2.22. The molecule has 0 saturated heterocycles. The zero-order valence-electron chi connectivity index (χ0n) is 18.2. The van der Waals surface area contributed by atoms with Crippen molar-refractivity contribution in [1.29, 1.82) is 0 Å². The molecule has 0 atom stereocenters. The molecule has 8 nitrogen and oxygen atoms in total. The Hall–Kier alpha value is -3.26. The Kier molecular flexibility index (Phi) is 6.79. The van der Waals surface area contributed by atoms with Gasteiger partial charge in [0.05, 0.1) is 30.3 Å². The molecule has 0 fully saturated rings. The molecule has 0 radical (unpaired) electrons. The number of rotatable bonds is 8. The fraction of sp³-hybridized carbons (Fsp3) is 0.364. The van der Waals surface area contributed by atoms with Crippen LogP contribution >= 0.6 is 0 Å². The van der Waals surface area contributed by atoms with E-state index >= 15 is 0 Å². The van der Waals surface area contributed by atoms with E-state index in [1.165, 1.54) is 0 Å². The molecule has 158 valence electrons. The average Bonchev–Trinajstić information content (AvgIpc) is 3.15. The van der Waals surface area contributed by atoms with Gasteiger partial charge >= 0.3 is 0 Å². The van der Waals surface area contributed by atoms with E-state index in [4.69, 9.17) is 4.74 Å². The predicted molar refractivity (Wildman–Crippen MR) is 116 cm³/mol. The van der Waals surface area contributed by atoms with Crippen molar-refractivity contribution in [2.75, 3.05) is 40.8 Å². The van der Waals surface area contributed by atoms with Gasteiger partial charge in [-0.25, -0.2) is 14.6 Å². The topological polar surface area (TPSA) is 76.4 Å². The van der Waals surface area contributed by atoms with E-state index in [1.807, 2.05) is 63.2 Å². The summed E-state index contributed by atoms with van der Waals surface area (Å²) in [4.78, 5) is 25.9. The van der Waals surface area contributed by atoms with E-state index in [2.05, 4.69) is 20.0 Å². The molecule has 3 aromatic rings. The summed E-state index contributed by atoms with van der Waals surface area (Å²) in [6, 6.07) is 9.52. The first kappa shape index (κ1) is 21.4. The summed E-state index contributed by atoms with van der Waals surface area (Å²) in [6.07, 6.45) is 3.28. The number of hydrogen-bond donors (Lipinski definition) is 0. The SMILES string of the molecule is CCN(CCN(C)C)C(=O)c1cnn(-c2nccc(-c3cccc(OC)c3)n2)c1C. The highest BCUT2D eigenvalue weighted by molar-refractivity contribution is 5.95. The minimum atomic E-state index is -0.0351. The van der Waals surface area contributed by atoms with Gasteiger partial charge in [0.1, 0.15) is 5.75 Å². The van der Waals surface area contributed by atoms with E-state index in [-0.39, 0.29) is 5.91 Å². The second-order valence-electron chi connectivity index (χ2n) is 7.22. The summed E-state index contributed by atoms with van der Waals surface area (Å²) in [5.41, 5.74) is 2.94. The van der Waals surface area contributed by atoms with Crippen molar-refractivity contribution in [3.8, 4) is 23.0 Å². The second kappa shape index (κ2) is 9.49. The van der Waals surface area contributed by atoms with Gasteiger partial charge in [-0.1, -0.05) is 12.1 Å². The Morgan fingerprint density at radius 1 is 1.20 bits per heavy atom. The Labute approximate surface area is 177 Å². The smallest absolute Gasteiger partial charge is 0.257 e. The third-order valence-corrected chi connectivity index (χ3v) is 4.92. The first-order valence-electron chi connectivity index (χ1n) is 9.91. The number of ether oxygens (including phenoxy) is 1. The molecule has 0 aliphatic carbocycles. The highest BCUT2D eigenvalue weighted by atomic mass is 16.5. The van der Waals surface area contributed by atoms with Crippen molar-refractivity contribution >= 4 is 5.91 Å². The molecule has 8 heteroatoms. The quantitative estimate of drug-likeness (QED) is 0.570. The Morgan fingerprint density at radius 3 is 2.70 bits per heavy atom. The van der Waals surface area contributed by atoms with Crippen LogP contribution in [-0.2, 0) is 0 Å². The normalized spacial score (nSPS) is 11.0. The van der Waals surface area contributed by atoms with Crippen molar-refractivity contribution in [3.05, 3.63) is 54.0 Å². The highest BCUT2D eigenvalue weighted by Gasteiger charge is 2.21. The number of aromatic nitrogens is 4. The van der Waals surface area contributed by atoms with Crippen LogP contribution < -0.4 is 4.74 Å². The van der Waals surface area contributed by atoms with Crippen molar-refractivity contribution < 1.29 is 9.53 Å². The van der Waals surface area contributed by atoms with E-state index in [1.54, 1.807) is 24.2 Å². The molecular formula is C22H28N6O2. The van der Waals surface area contributed by atoms with Crippen molar-refractivity contribution in [3.63, 3.8) is 0 Å². The maximum atomic E-state index is 13.0. The summed E-state index contributed by atoms with van der Waals surface area (Å²) >= 11 is 0. The lowest BCUT2D eigenvalue weighted by atomic mass is 10.1. The molecule has 2 aromatic heterocycles. The lowest BCUT2D eigenvalue weighted by Crippen LogP contribution is -2.36. The molecule has 3 rings (SSSR count). The van der Waals surface area contributed by atoms with Gasteiger partial charge in [-0.15, -0.1) is 0 Å². The van der Waals surface area contributed by atoms with Crippen molar-refractivity contribution in [2.24, 2.45) is 0 Å². The maximum Gasteiger partial charge on any atom is 0.257 e. The average molecular weight is 409 g/mol. The predicted octanol–water partition coefficient (Wildman–Crippen LogP) is 2.67. The van der Waals surface area contributed by atoms with Gasteiger partial charge < -0.3 is 14.5 Å². The molecule has 0 spiro atoms. The summed E-state index contributed by atoms with van der Waals surface area (Å²) < 4.78 is 6.91. The molecule has 0 saturated carbocycles. The number of carbonyl (C=O) groups excluding carboxylic acids is 1. The third kappa shape index (κ3) is 4.65. The van der Waals surface area contributed by atoms with Crippen LogP contribution in [0.25, 0.3) is 17.2 Å². The van der Waals surface area contributed by atoms with Gasteiger partial charge in [-0.05, 0) is 46.1 Å². The molecular weight excluding hydrogens is 380 g/mol. The van der Waals surface area contributed by atoms with Crippen LogP contribution in [0.15, 0.2) is 42.7 Å². The zero-order valence-corrected chi connectivity index (χ0v) is 18.2. The van der Waals surface area contributed by atoms with Gasteiger partial charge in [-0.2, -0.15) is 5.10 Å². The molecule has 1 aromatic carbocycles. The molecule has 0 N–H and O–H groups in total. The van der Waals surface area contributed by atoms with Gasteiger partial charge in [0.15, 0.2) is 0 Å². The number of likely N-dealkylation sites (N-methyl/N-ethyl adjacent to an activating group) is 2. The van der Waals surface area contributed by atoms with Gasteiger partial charge in [0.2, 0.25) is 0 Å². The molecule has 2 heterocycles. The Bertz CT molecular complexity index is 1010. The maximum absolute atomic E-state index is 13.0. The summed E-state index contributed by atoms with van der Waals surface area (Å²) in [6.45, 7) is 5.95. The van der Waals surface area contributed by atoms with Crippen LogP contribution in [0.3, 0.4) is 0 Å². The molecule has 0 aliphatic heterocycles. The van der Waals surface area contributed by atoms with Crippen LogP contribution in [0, 0.1) is 6.92 Å². The number of amides is 1. The summed E-state index contributed by atoms with van der Waals surface area (Å²) in [7, 11) is 5.62. The highest BCUT2D eigenvalue weighted by Crippen LogP contribution is 2.23. The van der Waals surface area contributed by atoms with E-state index < -0.39 is 0 Å². The summed E-state index contributed by atoms with van der Waals surface area (Å²) in [5, 5.41) is 4.40. The molecule has 0 unspecified atom stereocenters. The number of methoxy groups -OCH3 is 1. The van der Waals surface area contributed by atoms with Crippen LogP contribution in [0.2, 0.25) is 0 Å². The third-order valence-electron chi connectivity index (χ3n) is 4.92. The first-order chi connectivity index (χ1) is 14.4. The number of benzene rings is 1. The van der Waals surface area contributed by atoms with Crippen molar-refractivity contribution in [1.82, 2.24) is 29.5 Å². The fourth-order valence-corrected chi connectivity index (χ4v) is 3.11. The van der Waals surface area contributed by atoms with Crippen LogP contribution in [-0.4, -0.2) is 76.3 Å². The largest absolute Gasteiger partial charge is 0.497 e. The van der Waals surface area contributed by atoms with Gasteiger partial charge in [0.25, 0.3) is 11.9 Å². The van der Waals surface area contributed by atoms with Gasteiger partial charge in [-0.3, -0.25) is 4.79 Å². The lowest BCUT2D eigenvalue weighted by molar-refractivity contribution is 0.0753. The Morgan fingerprint density at radius 2 is 2.00 bits per heavy atom. The minimum Gasteiger partial charge on any atom is -0.497 e. The number of carbonyl (C=O) groups is 1. The zero-order chi connectivity index (χ0) is 21.7. The standard InChI is InChI=1S/C22H28N6O2/c1-6-27(13-12-26(3)4)21(29)19-15-24-28(16(19)2)22-23-11-10-20(25-22)17-8-7-9-18(14-17)30-5/h7-11,14-15H,6,12-13H2,1-5H3. The molecule has 0 aliphatic rings. The van der Waals surface area contributed by atoms with E-state index in [9.17, 15) is 4.79 Å². The van der Waals surface area contributed by atoms with E-state index in [0.717, 1.165) is 23.6 Å². The summed E-state index contributed by atoms with van der Waals surface area (Å²) in [5.74, 6) is 1.14. The van der Waals surface area contributed by atoms with Crippen LogP contribution in [0.4, 0.5) is 0 Å². The van der Waals surface area contributed by atoms with Crippen LogP contribution in [0.5, 0.6) is 5.75 Å². The monoisotopic (exact) mass is 408 g/mol. The van der Waals surface area contributed by atoms with Crippen molar-refractivity contribution in [2.45, 2.75) is 13.8 Å². The molecule has 0 bridgehead atoms. The van der Waals surface area contributed by atoms with Gasteiger partial charge in [0, 0.05) is 31.4 Å². The minimum absolute atomic E-state index is 0.0351. The molecule has 30 heavy (non-hydrogen) atoms. The number of hydrogen-bond acceptors (Lipinski definition) is 6. The van der Waals surface area contributed by atoms with E-state index in [0.29, 0.717) is 30.3 Å².